The SMILES string of the molecule is COc1cccc(CNc2ncc(-c3cnccn3)c([C@@H]3CCCO3)n2)c1. The highest BCUT2D eigenvalue weighted by molar-refractivity contribution is 5.61. The number of benzene rings is 1. The van der Waals surface area contributed by atoms with Crippen LogP contribution in [0.25, 0.3) is 11.3 Å². The fourth-order valence-corrected chi connectivity index (χ4v) is 3.12. The van der Waals surface area contributed by atoms with E-state index in [0.717, 1.165) is 47.7 Å². The van der Waals surface area contributed by atoms with E-state index in [0.29, 0.717) is 12.5 Å². The first-order valence-electron chi connectivity index (χ1n) is 8.95. The van der Waals surface area contributed by atoms with Crippen LogP contribution in [0.5, 0.6) is 5.75 Å². The van der Waals surface area contributed by atoms with Gasteiger partial charge in [-0.05, 0) is 30.5 Å². The largest absolute Gasteiger partial charge is 0.497 e. The van der Waals surface area contributed by atoms with Crippen LogP contribution in [0.3, 0.4) is 0 Å². The third kappa shape index (κ3) is 4.03. The molecule has 138 valence electrons. The van der Waals surface area contributed by atoms with Gasteiger partial charge in [0.2, 0.25) is 5.95 Å². The Morgan fingerprint density at radius 2 is 2.19 bits per heavy atom. The first kappa shape index (κ1) is 17.4. The monoisotopic (exact) mass is 363 g/mol. The summed E-state index contributed by atoms with van der Waals surface area (Å²) >= 11 is 0. The first-order valence-corrected chi connectivity index (χ1v) is 8.95. The number of rotatable bonds is 6. The van der Waals surface area contributed by atoms with Crippen molar-refractivity contribution in [1.82, 2.24) is 19.9 Å². The number of methoxy groups -OCH3 is 1. The van der Waals surface area contributed by atoms with Crippen LogP contribution in [0.15, 0.2) is 49.1 Å². The second kappa shape index (κ2) is 8.09. The lowest BCUT2D eigenvalue weighted by atomic mass is 10.1. The highest BCUT2D eigenvalue weighted by Gasteiger charge is 2.24. The van der Waals surface area contributed by atoms with Gasteiger partial charge >= 0.3 is 0 Å². The van der Waals surface area contributed by atoms with Gasteiger partial charge in [0.1, 0.15) is 11.9 Å². The van der Waals surface area contributed by atoms with Gasteiger partial charge in [0.15, 0.2) is 0 Å². The molecule has 0 radical (unpaired) electrons. The van der Waals surface area contributed by atoms with E-state index in [4.69, 9.17) is 14.5 Å². The maximum absolute atomic E-state index is 5.87. The zero-order chi connectivity index (χ0) is 18.5. The van der Waals surface area contributed by atoms with Gasteiger partial charge in [0, 0.05) is 37.3 Å². The molecule has 7 heteroatoms. The van der Waals surface area contributed by atoms with Crippen LogP contribution in [-0.2, 0) is 11.3 Å². The zero-order valence-electron chi connectivity index (χ0n) is 15.1. The van der Waals surface area contributed by atoms with Gasteiger partial charge in [0.05, 0.1) is 24.7 Å². The van der Waals surface area contributed by atoms with E-state index in [1.807, 2.05) is 24.3 Å². The number of hydrogen-bond donors (Lipinski definition) is 1. The summed E-state index contributed by atoms with van der Waals surface area (Å²) in [5.74, 6) is 1.39. The maximum atomic E-state index is 5.87. The summed E-state index contributed by atoms with van der Waals surface area (Å²) < 4.78 is 11.1. The summed E-state index contributed by atoms with van der Waals surface area (Å²) in [5.41, 5.74) is 3.56. The fourth-order valence-electron chi connectivity index (χ4n) is 3.12. The van der Waals surface area contributed by atoms with Crippen molar-refractivity contribution in [2.24, 2.45) is 0 Å². The Kier molecular flexibility index (Phi) is 5.20. The molecule has 1 atom stereocenters. The van der Waals surface area contributed by atoms with Crippen molar-refractivity contribution in [3.05, 3.63) is 60.3 Å². The van der Waals surface area contributed by atoms with E-state index in [1.165, 1.54) is 0 Å². The third-order valence-corrected chi connectivity index (χ3v) is 4.48. The van der Waals surface area contributed by atoms with Crippen molar-refractivity contribution in [2.45, 2.75) is 25.5 Å². The minimum absolute atomic E-state index is 0.0395. The van der Waals surface area contributed by atoms with E-state index in [1.54, 1.807) is 31.9 Å². The zero-order valence-corrected chi connectivity index (χ0v) is 15.1. The van der Waals surface area contributed by atoms with E-state index in [-0.39, 0.29) is 6.10 Å². The van der Waals surface area contributed by atoms with Crippen LogP contribution in [0, 0.1) is 0 Å². The first-order chi connectivity index (χ1) is 13.3. The molecule has 1 aliphatic heterocycles. The van der Waals surface area contributed by atoms with Crippen LogP contribution in [0.1, 0.15) is 30.2 Å². The summed E-state index contributed by atoms with van der Waals surface area (Å²) in [6.45, 7) is 1.35. The molecule has 27 heavy (non-hydrogen) atoms. The van der Waals surface area contributed by atoms with Crippen molar-refractivity contribution in [1.29, 1.82) is 0 Å². The van der Waals surface area contributed by atoms with Gasteiger partial charge in [-0.3, -0.25) is 9.97 Å². The molecule has 0 amide bonds. The summed E-state index contributed by atoms with van der Waals surface area (Å²) in [6, 6.07) is 7.91. The fraction of sp³-hybridized carbons (Fsp3) is 0.300. The highest BCUT2D eigenvalue weighted by atomic mass is 16.5. The minimum Gasteiger partial charge on any atom is -0.497 e. The predicted molar refractivity (Wildman–Crippen MR) is 101 cm³/mol. The van der Waals surface area contributed by atoms with E-state index in [9.17, 15) is 0 Å². The number of nitrogens with one attached hydrogen (secondary N) is 1. The third-order valence-electron chi connectivity index (χ3n) is 4.48. The quantitative estimate of drug-likeness (QED) is 0.718. The van der Waals surface area contributed by atoms with E-state index >= 15 is 0 Å². The van der Waals surface area contributed by atoms with Gasteiger partial charge in [-0.25, -0.2) is 9.97 Å². The Hall–Kier alpha value is -3.06. The average Bonchev–Trinajstić information content (AvgIpc) is 3.28. The van der Waals surface area contributed by atoms with Gasteiger partial charge in [0.25, 0.3) is 0 Å². The molecule has 0 spiro atoms. The smallest absolute Gasteiger partial charge is 0.223 e. The molecule has 7 nitrogen and oxygen atoms in total. The predicted octanol–water partition coefficient (Wildman–Crippen LogP) is 3.41. The number of aromatic nitrogens is 4. The van der Waals surface area contributed by atoms with Crippen molar-refractivity contribution < 1.29 is 9.47 Å². The molecular weight excluding hydrogens is 342 g/mol. The summed E-state index contributed by atoms with van der Waals surface area (Å²) in [4.78, 5) is 17.8. The van der Waals surface area contributed by atoms with E-state index in [2.05, 4.69) is 20.3 Å². The number of ether oxygens (including phenoxy) is 2. The highest BCUT2D eigenvalue weighted by Crippen LogP contribution is 2.33. The van der Waals surface area contributed by atoms with Gasteiger partial charge in [-0.2, -0.15) is 0 Å². The lowest BCUT2D eigenvalue weighted by Gasteiger charge is -2.15. The second-order valence-corrected chi connectivity index (χ2v) is 6.29. The standard InChI is InChI=1S/C20H21N5O2/c1-26-15-5-2-4-14(10-15)11-23-20-24-12-16(17-13-21-7-8-22-17)19(25-20)18-6-3-9-27-18/h2,4-5,7-8,10,12-13,18H,3,6,9,11H2,1H3,(H,23,24,25)/t18-/m0/s1. The van der Waals surface area contributed by atoms with Crippen LogP contribution in [0.4, 0.5) is 5.95 Å². The lowest BCUT2D eigenvalue weighted by molar-refractivity contribution is 0.109. The Bertz CT molecular complexity index is 898. The molecule has 3 aromatic rings. The molecule has 2 aromatic heterocycles. The molecule has 0 aliphatic carbocycles. The van der Waals surface area contributed by atoms with Crippen molar-refractivity contribution in [3.8, 4) is 17.0 Å². The molecule has 1 aliphatic rings. The number of anilines is 1. The molecule has 3 heterocycles. The Morgan fingerprint density at radius 3 is 2.96 bits per heavy atom. The van der Waals surface area contributed by atoms with Crippen LogP contribution >= 0.6 is 0 Å². The summed E-state index contributed by atoms with van der Waals surface area (Å²) in [5, 5.41) is 3.29. The molecule has 0 saturated carbocycles. The van der Waals surface area contributed by atoms with Crippen LogP contribution in [0.2, 0.25) is 0 Å². The van der Waals surface area contributed by atoms with Gasteiger partial charge in [-0.1, -0.05) is 12.1 Å². The summed E-state index contributed by atoms with van der Waals surface area (Å²) in [6.07, 6.45) is 8.77. The average molecular weight is 363 g/mol. The Morgan fingerprint density at radius 1 is 1.22 bits per heavy atom. The normalized spacial score (nSPS) is 16.3. The minimum atomic E-state index is -0.0395. The maximum Gasteiger partial charge on any atom is 0.223 e. The lowest BCUT2D eigenvalue weighted by Crippen LogP contribution is -2.09. The van der Waals surface area contributed by atoms with Crippen molar-refractivity contribution >= 4 is 5.95 Å². The molecular formula is C20H21N5O2. The van der Waals surface area contributed by atoms with Crippen LogP contribution < -0.4 is 10.1 Å². The van der Waals surface area contributed by atoms with E-state index < -0.39 is 0 Å². The van der Waals surface area contributed by atoms with Gasteiger partial charge in [-0.15, -0.1) is 0 Å². The van der Waals surface area contributed by atoms with Crippen molar-refractivity contribution in [3.63, 3.8) is 0 Å². The Labute approximate surface area is 157 Å². The topological polar surface area (TPSA) is 82.0 Å². The van der Waals surface area contributed by atoms with Crippen molar-refractivity contribution in [2.75, 3.05) is 19.0 Å². The summed E-state index contributed by atoms with van der Waals surface area (Å²) in [7, 11) is 1.66. The molecule has 1 saturated heterocycles. The van der Waals surface area contributed by atoms with Crippen LogP contribution in [-0.4, -0.2) is 33.7 Å². The molecule has 0 bridgehead atoms. The molecule has 1 fully saturated rings. The molecule has 1 N–H and O–H groups in total. The second-order valence-electron chi connectivity index (χ2n) is 6.29. The Balaban J connectivity index is 1.59. The molecule has 1 aromatic carbocycles. The number of nitrogens with zero attached hydrogens (tertiary/aromatic N) is 4. The number of hydrogen-bond acceptors (Lipinski definition) is 7. The van der Waals surface area contributed by atoms with Gasteiger partial charge < -0.3 is 14.8 Å². The molecule has 4 rings (SSSR count). The molecule has 0 unspecified atom stereocenters.